The molecular formula is C12H13BrN2. The molecule has 0 aliphatic heterocycles. The summed E-state index contributed by atoms with van der Waals surface area (Å²) in [6, 6.07) is 10.4. The van der Waals surface area contributed by atoms with Crippen LogP contribution in [0, 0.1) is 6.92 Å². The number of hydrogen-bond acceptors (Lipinski definition) is 1. The van der Waals surface area contributed by atoms with Crippen molar-refractivity contribution in [2.75, 3.05) is 5.43 Å². The third kappa shape index (κ3) is 2.63. The highest BCUT2D eigenvalue weighted by Crippen LogP contribution is 2.17. The summed E-state index contributed by atoms with van der Waals surface area (Å²) >= 11 is 3.53. The van der Waals surface area contributed by atoms with E-state index in [9.17, 15) is 0 Å². The van der Waals surface area contributed by atoms with Gasteiger partial charge in [-0.25, -0.2) is 0 Å². The van der Waals surface area contributed by atoms with Crippen molar-refractivity contribution in [1.29, 1.82) is 0 Å². The smallest absolute Gasteiger partial charge is 0.0564 e. The van der Waals surface area contributed by atoms with Crippen molar-refractivity contribution < 1.29 is 0 Å². The number of nitrogens with zero attached hydrogens (tertiary/aromatic N) is 1. The molecule has 0 saturated carbocycles. The number of aryl methyl sites for hydroxylation is 1. The Morgan fingerprint density at radius 2 is 2.00 bits per heavy atom. The highest BCUT2D eigenvalue weighted by atomic mass is 79.9. The van der Waals surface area contributed by atoms with E-state index in [2.05, 4.69) is 46.5 Å². The maximum Gasteiger partial charge on any atom is 0.0564 e. The van der Waals surface area contributed by atoms with Gasteiger partial charge >= 0.3 is 0 Å². The van der Waals surface area contributed by atoms with E-state index in [0.29, 0.717) is 0 Å². The highest BCUT2D eigenvalue weighted by molar-refractivity contribution is 9.10. The van der Waals surface area contributed by atoms with Crippen LogP contribution in [0.25, 0.3) is 0 Å². The molecule has 0 bridgehead atoms. The molecule has 15 heavy (non-hydrogen) atoms. The molecule has 0 amide bonds. The molecule has 1 heterocycles. The SMILES string of the molecule is Cc1ccc(CNn2cccc2)cc1Br. The Morgan fingerprint density at radius 1 is 1.27 bits per heavy atom. The van der Waals surface area contributed by atoms with E-state index in [0.717, 1.165) is 11.0 Å². The van der Waals surface area contributed by atoms with Crippen LogP contribution in [0.1, 0.15) is 11.1 Å². The van der Waals surface area contributed by atoms with Gasteiger partial charge in [-0.2, -0.15) is 0 Å². The second-order valence-electron chi connectivity index (χ2n) is 3.51. The Kier molecular flexibility index (Phi) is 3.11. The van der Waals surface area contributed by atoms with E-state index < -0.39 is 0 Å². The quantitative estimate of drug-likeness (QED) is 0.901. The fourth-order valence-corrected chi connectivity index (χ4v) is 1.80. The zero-order chi connectivity index (χ0) is 10.7. The molecule has 0 saturated heterocycles. The van der Waals surface area contributed by atoms with Gasteiger partial charge in [0.2, 0.25) is 0 Å². The lowest BCUT2D eigenvalue weighted by molar-refractivity contribution is 0.846. The summed E-state index contributed by atoms with van der Waals surface area (Å²) in [5.74, 6) is 0. The van der Waals surface area contributed by atoms with Crippen LogP contribution in [0.4, 0.5) is 0 Å². The van der Waals surface area contributed by atoms with E-state index in [1.165, 1.54) is 11.1 Å². The van der Waals surface area contributed by atoms with E-state index >= 15 is 0 Å². The van der Waals surface area contributed by atoms with Crippen molar-refractivity contribution in [3.05, 3.63) is 58.3 Å². The van der Waals surface area contributed by atoms with Gasteiger partial charge in [0, 0.05) is 16.9 Å². The fraction of sp³-hybridized carbons (Fsp3) is 0.167. The first kappa shape index (κ1) is 10.3. The maximum absolute atomic E-state index is 3.53. The molecule has 2 rings (SSSR count). The number of rotatable bonds is 3. The van der Waals surface area contributed by atoms with Gasteiger partial charge in [0.15, 0.2) is 0 Å². The number of halogens is 1. The topological polar surface area (TPSA) is 17.0 Å². The van der Waals surface area contributed by atoms with Gasteiger partial charge in [-0.1, -0.05) is 28.1 Å². The molecule has 2 aromatic rings. The lowest BCUT2D eigenvalue weighted by Crippen LogP contribution is -2.11. The van der Waals surface area contributed by atoms with Gasteiger partial charge in [0.05, 0.1) is 6.54 Å². The Labute approximate surface area is 98.0 Å². The largest absolute Gasteiger partial charge is 0.322 e. The molecule has 1 aromatic heterocycles. The molecule has 1 aromatic carbocycles. The molecule has 0 aliphatic rings. The lowest BCUT2D eigenvalue weighted by Gasteiger charge is -2.08. The fourth-order valence-electron chi connectivity index (χ4n) is 1.37. The molecule has 0 radical (unpaired) electrons. The average molecular weight is 265 g/mol. The normalized spacial score (nSPS) is 10.3. The summed E-state index contributed by atoms with van der Waals surface area (Å²) in [7, 11) is 0. The Hall–Kier alpha value is -1.22. The van der Waals surface area contributed by atoms with Crippen molar-refractivity contribution in [1.82, 2.24) is 4.68 Å². The molecule has 3 heteroatoms. The Morgan fingerprint density at radius 3 is 2.67 bits per heavy atom. The summed E-state index contributed by atoms with van der Waals surface area (Å²) in [6.07, 6.45) is 3.98. The molecule has 0 spiro atoms. The molecular weight excluding hydrogens is 252 g/mol. The van der Waals surface area contributed by atoms with Gasteiger partial charge < -0.3 is 5.43 Å². The first-order chi connectivity index (χ1) is 7.25. The molecule has 2 nitrogen and oxygen atoms in total. The van der Waals surface area contributed by atoms with E-state index in [-0.39, 0.29) is 0 Å². The highest BCUT2D eigenvalue weighted by Gasteiger charge is 1.97. The third-order valence-electron chi connectivity index (χ3n) is 2.31. The van der Waals surface area contributed by atoms with Crippen molar-refractivity contribution in [2.24, 2.45) is 0 Å². The number of benzene rings is 1. The van der Waals surface area contributed by atoms with E-state index in [4.69, 9.17) is 0 Å². The first-order valence-electron chi connectivity index (χ1n) is 4.87. The Bertz CT molecular complexity index is 435. The van der Waals surface area contributed by atoms with Crippen LogP contribution < -0.4 is 5.43 Å². The zero-order valence-electron chi connectivity index (χ0n) is 8.57. The van der Waals surface area contributed by atoms with Crippen LogP contribution in [0.15, 0.2) is 47.2 Å². The molecule has 0 atom stereocenters. The van der Waals surface area contributed by atoms with Crippen molar-refractivity contribution in [3.8, 4) is 0 Å². The summed E-state index contributed by atoms with van der Waals surface area (Å²) in [5.41, 5.74) is 5.81. The summed E-state index contributed by atoms with van der Waals surface area (Å²) < 4.78 is 3.11. The molecule has 0 unspecified atom stereocenters. The average Bonchev–Trinajstić information content (AvgIpc) is 2.73. The predicted octanol–water partition coefficient (Wildman–Crippen LogP) is 3.30. The first-order valence-corrected chi connectivity index (χ1v) is 5.67. The predicted molar refractivity (Wildman–Crippen MR) is 66.4 cm³/mol. The van der Waals surface area contributed by atoms with Gasteiger partial charge in [-0.15, -0.1) is 0 Å². The second kappa shape index (κ2) is 4.53. The summed E-state index contributed by atoms with van der Waals surface area (Å²) in [6.45, 7) is 2.92. The standard InChI is InChI=1S/C12H13BrN2/c1-10-4-5-11(8-12(10)13)9-14-15-6-2-3-7-15/h2-8,14H,9H2,1H3. The Balaban J connectivity index is 2.02. The van der Waals surface area contributed by atoms with Crippen LogP contribution in [0.5, 0.6) is 0 Å². The maximum atomic E-state index is 3.53. The minimum absolute atomic E-state index is 0.827. The van der Waals surface area contributed by atoms with Crippen LogP contribution in [-0.4, -0.2) is 4.68 Å². The van der Waals surface area contributed by atoms with Crippen molar-refractivity contribution in [2.45, 2.75) is 13.5 Å². The van der Waals surface area contributed by atoms with E-state index in [1.54, 1.807) is 0 Å². The second-order valence-corrected chi connectivity index (χ2v) is 4.36. The van der Waals surface area contributed by atoms with Gasteiger partial charge in [-0.05, 0) is 36.2 Å². The lowest BCUT2D eigenvalue weighted by atomic mass is 10.1. The minimum atomic E-state index is 0.827. The molecule has 0 fully saturated rings. The van der Waals surface area contributed by atoms with Gasteiger partial charge in [0.25, 0.3) is 0 Å². The van der Waals surface area contributed by atoms with Gasteiger partial charge in [-0.3, -0.25) is 4.68 Å². The monoisotopic (exact) mass is 264 g/mol. The van der Waals surface area contributed by atoms with Crippen molar-refractivity contribution in [3.63, 3.8) is 0 Å². The molecule has 0 aliphatic carbocycles. The van der Waals surface area contributed by atoms with E-state index in [1.807, 2.05) is 29.2 Å². The zero-order valence-corrected chi connectivity index (χ0v) is 10.2. The van der Waals surface area contributed by atoms with Crippen LogP contribution >= 0.6 is 15.9 Å². The number of aromatic nitrogens is 1. The summed E-state index contributed by atoms with van der Waals surface area (Å²) in [5, 5.41) is 0. The number of hydrogen-bond donors (Lipinski definition) is 1. The summed E-state index contributed by atoms with van der Waals surface area (Å²) in [4.78, 5) is 0. The van der Waals surface area contributed by atoms with Crippen LogP contribution in [-0.2, 0) is 6.54 Å². The molecule has 78 valence electrons. The molecule has 1 N–H and O–H groups in total. The minimum Gasteiger partial charge on any atom is -0.322 e. The number of nitrogens with one attached hydrogen (secondary N) is 1. The third-order valence-corrected chi connectivity index (χ3v) is 3.16. The van der Waals surface area contributed by atoms with Crippen molar-refractivity contribution >= 4 is 15.9 Å². The van der Waals surface area contributed by atoms with Gasteiger partial charge in [0.1, 0.15) is 0 Å². The van der Waals surface area contributed by atoms with Crippen LogP contribution in [0.3, 0.4) is 0 Å². The van der Waals surface area contributed by atoms with Crippen LogP contribution in [0.2, 0.25) is 0 Å².